The van der Waals surface area contributed by atoms with Crippen molar-refractivity contribution in [1.29, 1.82) is 0 Å². The summed E-state index contributed by atoms with van der Waals surface area (Å²) in [5.74, 6) is -0.0710. The molecule has 0 aliphatic heterocycles. The maximum absolute atomic E-state index is 11.9. The van der Waals surface area contributed by atoms with Crippen molar-refractivity contribution in [3.05, 3.63) is 95.8 Å². The molecule has 0 aliphatic rings. The summed E-state index contributed by atoms with van der Waals surface area (Å²) in [7, 11) is 0. The molecule has 0 amide bonds. The van der Waals surface area contributed by atoms with Gasteiger partial charge in [0.15, 0.2) is 18.1 Å². The first-order valence-electron chi connectivity index (χ1n) is 22.8. The largest absolute Gasteiger partial charge is 0.424 e. The third-order valence-electron chi connectivity index (χ3n) is 10.9. The van der Waals surface area contributed by atoms with E-state index in [-0.39, 0.29) is 0 Å². The Morgan fingerprint density at radius 2 is 1.33 bits per heavy atom. The summed E-state index contributed by atoms with van der Waals surface area (Å²) in [5, 5.41) is 9.91. The Bertz CT molecular complexity index is 1940. The van der Waals surface area contributed by atoms with E-state index in [9.17, 15) is 4.79 Å². The highest BCUT2D eigenvalue weighted by molar-refractivity contribution is 6.36. The molecular formula is C49H68ClN6O4+. The van der Waals surface area contributed by atoms with E-state index in [1.165, 1.54) is 102 Å². The number of carbonyl (C=O) groups is 1. The first kappa shape index (κ1) is 46.8. The van der Waals surface area contributed by atoms with E-state index in [4.69, 9.17) is 25.8 Å². The highest BCUT2D eigenvalue weighted by atomic mass is 35.5. The molecule has 0 saturated carbocycles. The maximum atomic E-state index is 11.9. The van der Waals surface area contributed by atoms with Gasteiger partial charge < -0.3 is 14.2 Å². The first-order chi connectivity index (χ1) is 29.6. The smallest absolute Gasteiger partial charge is 0.308 e. The van der Waals surface area contributed by atoms with Crippen LogP contribution in [-0.4, -0.2) is 57.4 Å². The predicted octanol–water partition coefficient (Wildman–Crippen LogP) is 11.3. The van der Waals surface area contributed by atoms with Crippen LogP contribution in [0.4, 0.5) is 0 Å². The molecule has 0 spiro atoms. The van der Waals surface area contributed by atoms with Gasteiger partial charge in [-0.25, -0.2) is 4.57 Å². The summed E-state index contributed by atoms with van der Waals surface area (Å²) < 4.78 is 21.6. The maximum Gasteiger partial charge on any atom is 0.308 e. The Morgan fingerprint density at radius 3 is 2.02 bits per heavy atom. The van der Waals surface area contributed by atoms with Crippen LogP contribution in [0.25, 0.3) is 22.2 Å². The van der Waals surface area contributed by atoms with Crippen molar-refractivity contribution in [3.8, 4) is 17.0 Å². The minimum atomic E-state index is -0.426. The Balaban J connectivity index is 0.792. The normalized spacial score (nSPS) is 11.4. The van der Waals surface area contributed by atoms with Gasteiger partial charge in [0.1, 0.15) is 17.8 Å². The summed E-state index contributed by atoms with van der Waals surface area (Å²) in [6.07, 6.45) is 36.0. The zero-order valence-corrected chi connectivity index (χ0v) is 36.8. The number of hydrogen-bond donors (Lipinski definition) is 0. The Hall–Kier alpha value is -4.25. The topological polar surface area (TPSA) is 105 Å². The molecular weight excluding hydrogens is 772 g/mol. The van der Waals surface area contributed by atoms with Gasteiger partial charge in [-0.05, 0) is 87.3 Å². The van der Waals surface area contributed by atoms with Crippen LogP contribution in [0.5, 0.6) is 5.75 Å². The molecule has 324 valence electrons. The van der Waals surface area contributed by atoms with E-state index in [1.54, 1.807) is 18.3 Å². The molecule has 0 atom stereocenters. The second-order valence-electron chi connectivity index (χ2n) is 16.0. The summed E-state index contributed by atoms with van der Waals surface area (Å²) in [4.78, 5) is 20.5. The number of pyridine rings is 3. The van der Waals surface area contributed by atoms with Crippen LogP contribution in [0.3, 0.4) is 0 Å². The lowest BCUT2D eigenvalue weighted by atomic mass is 10.1. The first-order valence-corrected chi connectivity index (χ1v) is 23.1. The van der Waals surface area contributed by atoms with E-state index in [0.29, 0.717) is 27.5 Å². The highest BCUT2D eigenvalue weighted by Crippen LogP contribution is 2.39. The van der Waals surface area contributed by atoms with Gasteiger partial charge in [-0.15, -0.1) is 5.10 Å². The van der Waals surface area contributed by atoms with Gasteiger partial charge in [-0.2, -0.15) is 0 Å². The van der Waals surface area contributed by atoms with Crippen LogP contribution in [0, 0.1) is 0 Å². The Labute approximate surface area is 363 Å². The number of benzene rings is 1. The second-order valence-corrected chi connectivity index (χ2v) is 16.4. The number of ether oxygens (including phenoxy) is 3. The van der Waals surface area contributed by atoms with Gasteiger partial charge in [0.2, 0.25) is 0 Å². The zero-order valence-electron chi connectivity index (χ0n) is 36.1. The lowest BCUT2D eigenvalue weighted by molar-refractivity contribution is -0.697. The van der Waals surface area contributed by atoms with Crippen molar-refractivity contribution in [2.24, 2.45) is 0 Å². The number of carbonyl (C=O) groups excluding carboxylic acids is 1. The molecule has 0 radical (unpaired) electrons. The predicted molar refractivity (Wildman–Crippen MR) is 240 cm³/mol. The zero-order chi connectivity index (χ0) is 41.9. The SMILES string of the molecule is CC(=O)Oc1c(-c2cn(CCCCCCCCCCOCCCc3ccc[n+](CCCCCCCCCCOCCCc4cccnc4)c3)nn2)cc(Cl)c2cccnc12. The third kappa shape index (κ3) is 17.8. The lowest BCUT2D eigenvalue weighted by Gasteiger charge is -2.11. The number of nitrogens with zero attached hydrogens (tertiary/aromatic N) is 6. The Morgan fingerprint density at radius 1 is 0.717 bits per heavy atom. The number of halogens is 1. The van der Waals surface area contributed by atoms with Crippen LogP contribution in [0.2, 0.25) is 5.02 Å². The summed E-state index contributed by atoms with van der Waals surface area (Å²) in [6, 6.07) is 14.0. The quantitative estimate of drug-likeness (QED) is 0.0182. The molecule has 5 rings (SSSR count). The molecule has 0 N–H and O–H groups in total. The summed E-state index contributed by atoms with van der Waals surface area (Å²) in [6.45, 7) is 6.71. The number of aromatic nitrogens is 6. The van der Waals surface area contributed by atoms with E-state index in [2.05, 4.69) is 55.4 Å². The standard InChI is InChI=1S/C49H68ClN6O4/c1-41(57)60-49-45(37-46(50)44-27-19-29-52-48(44)49)47-40-56(54-53-47)32-15-11-7-3-5-9-13-17-34-59-36-22-26-43-24-20-31-55(39-43)30-14-10-6-2-4-8-12-16-33-58-35-21-25-42-23-18-28-51-38-42/h18-20,23-24,27-29,31,37-40H,2-17,21-22,25-26,30,32-36H2,1H3/q+1. The molecule has 0 unspecified atom stereocenters. The molecule has 10 nitrogen and oxygen atoms in total. The molecule has 4 heterocycles. The van der Waals surface area contributed by atoms with Crippen molar-refractivity contribution in [3.63, 3.8) is 0 Å². The van der Waals surface area contributed by atoms with Crippen LogP contribution in [-0.2, 0) is 40.2 Å². The fourth-order valence-corrected chi connectivity index (χ4v) is 7.87. The van der Waals surface area contributed by atoms with Gasteiger partial charge in [0.05, 0.1) is 16.8 Å². The third-order valence-corrected chi connectivity index (χ3v) is 11.2. The molecule has 0 fully saturated rings. The van der Waals surface area contributed by atoms with Gasteiger partial charge >= 0.3 is 5.97 Å². The van der Waals surface area contributed by atoms with Crippen molar-refractivity contribution < 1.29 is 23.6 Å². The second kappa shape index (κ2) is 28.3. The number of aryl methyl sites for hydroxylation is 4. The minimum Gasteiger partial charge on any atom is -0.424 e. The van der Waals surface area contributed by atoms with Crippen LogP contribution in [0.15, 0.2) is 79.6 Å². The van der Waals surface area contributed by atoms with Crippen LogP contribution < -0.4 is 9.30 Å². The molecule has 1 aromatic carbocycles. The fraction of sp³-hybridized carbons (Fsp3) is 0.551. The molecule has 0 aliphatic carbocycles. The molecule has 60 heavy (non-hydrogen) atoms. The van der Waals surface area contributed by atoms with Crippen molar-refractivity contribution in [2.45, 2.75) is 148 Å². The fourth-order valence-electron chi connectivity index (χ4n) is 7.61. The van der Waals surface area contributed by atoms with E-state index in [0.717, 1.165) is 89.8 Å². The monoisotopic (exact) mass is 839 g/mol. The average molecular weight is 841 g/mol. The molecule has 0 saturated heterocycles. The van der Waals surface area contributed by atoms with Gasteiger partial charge in [-0.3, -0.25) is 19.4 Å². The lowest BCUT2D eigenvalue weighted by Crippen LogP contribution is -2.33. The van der Waals surface area contributed by atoms with Gasteiger partial charge in [-0.1, -0.05) is 93.5 Å². The van der Waals surface area contributed by atoms with E-state index < -0.39 is 5.97 Å². The van der Waals surface area contributed by atoms with Gasteiger partial charge in [0, 0.05) is 81.9 Å². The number of hydrogen-bond acceptors (Lipinski definition) is 8. The number of fused-ring (bicyclic) bond motifs is 1. The van der Waals surface area contributed by atoms with Gasteiger partial charge in [0.25, 0.3) is 0 Å². The molecule has 0 bridgehead atoms. The molecule has 5 aromatic rings. The summed E-state index contributed by atoms with van der Waals surface area (Å²) in [5.41, 5.74) is 4.44. The number of rotatable bonds is 32. The number of unbranched alkanes of at least 4 members (excludes halogenated alkanes) is 14. The average Bonchev–Trinajstić information content (AvgIpc) is 3.74. The van der Waals surface area contributed by atoms with Crippen molar-refractivity contribution in [1.82, 2.24) is 25.0 Å². The number of esters is 1. The van der Waals surface area contributed by atoms with E-state index in [1.807, 2.05) is 35.4 Å². The van der Waals surface area contributed by atoms with Crippen molar-refractivity contribution >= 4 is 28.5 Å². The minimum absolute atomic E-state index is 0.355. The molecule has 11 heteroatoms. The van der Waals surface area contributed by atoms with Crippen LogP contribution in [0.1, 0.15) is 134 Å². The summed E-state index contributed by atoms with van der Waals surface area (Å²) >= 11 is 6.55. The van der Waals surface area contributed by atoms with Crippen molar-refractivity contribution in [2.75, 3.05) is 26.4 Å². The van der Waals surface area contributed by atoms with Crippen LogP contribution >= 0.6 is 11.6 Å². The highest BCUT2D eigenvalue weighted by Gasteiger charge is 2.19. The van der Waals surface area contributed by atoms with E-state index >= 15 is 0 Å². The molecule has 4 aromatic heterocycles. The Kier molecular flexibility index (Phi) is 22.1.